The second kappa shape index (κ2) is 14.6. The number of amides is 3. The van der Waals surface area contributed by atoms with E-state index in [0.29, 0.717) is 29.6 Å². The van der Waals surface area contributed by atoms with Crippen LogP contribution >= 0.6 is 0 Å². The molecule has 6 heterocycles. The number of anilines is 4. The zero-order valence-corrected chi connectivity index (χ0v) is 30.3. The fourth-order valence-electron chi connectivity index (χ4n) is 8.71. The number of carbonyl (C=O) groups is 3. The Morgan fingerprint density at radius 3 is 2.42 bits per heavy atom. The predicted molar refractivity (Wildman–Crippen MR) is 204 cm³/mol. The van der Waals surface area contributed by atoms with E-state index in [1.807, 2.05) is 18.2 Å². The minimum atomic E-state index is -0.683. The molecular weight excluding hydrogens is 672 g/mol. The van der Waals surface area contributed by atoms with E-state index in [9.17, 15) is 19.2 Å². The Morgan fingerprint density at radius 2 is 1.68 bits per heavy atom. The lowest BCUT2D eigenvalue weighted by atomic mass is 9.89. The van der Waals surface area contributed by atoms with Gasteiger partial charge in [-0.1, -0.05) is 12.1 Å². The molecule has 14 nitrogen and oxygen atoms in total. The summed E-state index contributed by atoms with van der Waals surface area (Å²) in [7, 11) is 1.74. The number of likely N-dealkylation sites (tertiary alicyclic amines) is 1. The van der Waals surface area contributed by atoms with Gasteiger partial charge in [-0.25, -0.2) is 14.8 Å². The van der Waals surface area contributed by atoms with Crippen LogP contribution in [-0.4, -0.2) is 87.5 Å². The van der Waals surface area contributed by atoms with Gasteiger partial charge in [0.2, 0.25) is 11.8 Å². The Morgan fingerprint density at radius 1 is 0.906 bits per heavy atom. The molecule has 2 aromatic carbocycles. The van der Waals surface area contributed by atoms with Crippen molar-refractivity contribution in [2.24, 2.45) is 18.7 Å². The lowest BCUT2D eigenvalue weighted by Gasteiger charge is -2.34. The number of imide groups is 1. The highest BCUT2D eigenvalue weighted by atomic mass is 16.2. The Balaban J connectivity index is 0.853. The van der Waals surface area contributed by atoms with Gasteiger partial charge in [-0.2, -0.15) is 0 Å². The number of primary amides is 1. The van der Waals surface area contributed by atoms with E-state index < -0.39 is 17.9 Å². The van der Waals surface area contributed by atoms with Crippen LogP contribution in [0.1, 0.15) is 79.4 Å². The number of fused-ring (bicyclic) bond motifs is 1. The maximum absolute atomic E-state index is 13.2. The highest BCUT2D eigenvalue weighted by Crippen LogP contribution is 2.33. The van der Waals surface area contributed by atoms with Gasteiger partial charge in [0.1, 0.15) is 11.9 Å². The second-order valence-corrected chi connectivity index (χ2v) is 15.1. The number of aromatic nitrogens is 4. The first-order chi connectivity index (χ1) is 25.7. The number of imidazole rings is 1. The van der Waals surface area contributed by atoms with Gasteiger partial charge in [-0.3, -0.25) is 28.8 Å². The average Bonchev–Trinajstić information content (AvgIpc) is 3.74. The molecule has 4 aliphatic rings. The summed E-state index contributed by atoms with van der Waals surface area (Å²) in [4.78, 5) is 66.0. The topological polar surface area (TPSA) is 164 Å². The Kier molecular flexibility index (Phi) is 9.62. The number of benzene rings is 2. The first-order valence-electron chi connectivity index (χ1n) is 19.0. The number of piperidine rings is 3. The van der Waals surface area contributed by atoms with Gasteiger partial charge in [-0.05, 0) is 106 Å². The summed E-state index contributed by atoms with van der Waals surface area (Å²) < 4.78 is 3.14. The van der Waals surface area contributed by atoms with Crippen molar-refractivity contribution in [3.8, 4) is 0 Å². The highest BCUT2D eigenvalue weighted by molar-refractivity contribution is 6.00. The molecule has 4 aromatic rings. The van der Waals surface area contributed by atoms with Gasteiger partial charge in [0.05, 0.1) is 17.2 Å². The van der Waals surface area contributed by atoms with Gasteiger partial charge in [0, 0.05) is 57.6 Å². The summed E-state index contributed by atoms with van der Waals surface area (Å²) >= 11 is 0. The van der Waals surface area contributed by atoms with E-state index in [1.54, 1.807) is 17.8 Å². The lowest BCUT2D eigenvalue weighted by molar-refractivity contribution is -0.135. The molecule has 4 fully saturated rings. The molecule has 0 aliphatic carbocycles. The van der Waals surface area contributed by atoms with Crippen LogP contribution in [-0.2, 0) is 16.6 Å². The molecule has 53 heavy (non-hydrogen) atoms. The SMILES string of the molecule is Cn1c(=O)n(C2CCC(=O)NC2=O)c2ccc(N3CC[C@@H](CN4CCC(c5ccc(Nc6nc(N7CCCCC7)cnc6C(N)=O)cc5)CC4)C3)cc21. The highest BCUT2D eigenvalue weighted by Gasteiger charge is 2.32. The third kappa shape index (κ3) is 7.11. The number of hydrogen-bond acceptors (Lipinski definition) is 10. The molecule has 278 valence electrons. The van der Waals surface area contributed by atoms with Crippen molar-refractivity contribution in [3.63, 3.8) is 0 Å². The van der Waals surface area contributed by atoms with Crippen LogP contribution in [0.2, 0.25) is 0 Å². The fourth-order valence-corrected chi connectivity index (χ4v) is 8.71. The van der Waals surface area contributed by atoms with E-state index in [2.05, 4.69) is 54.6 Å². The van der Waals surface area contributed by atoms with Crippen molar-refractivity contribution >= 4 is 51.8 Å². The van der Waals surface area contributed by atoms with Crippen LogP contribution in [0, 0.1) is 5.92 Å². The van der Waals surface area contributed by atoms with Gasteiger partial charge in [-0.15, -0.1) is 0 Å². The van der Waals surface area contributed by atoms with Crippen LogP contribution in [0.25, 0.3) is 11.0 Å². The average molecular weight is 721 g/mol. The number of nitrogens with zero attached hydrogens (tertiary/aromatic N) is 7. The quantitative estimate of drug-likeness (QED) is 0.218. The van der Waals surface area contributed by atoms with E-state index >= 15 is 0 Å². The van der Waals surface area contributed by atoms with Gasteiger partial charge < -0.3 is 25.8 Å². The number of aryl methyl sites for hydroxylation is 1. The van der Waals surface area contributed by atoms with E-state index in [-0.39, 0.29) is 23.7 Å². The summed E-state index contributed by atoms with van der Waals surface area (Å²) in [5, 5.41) is 5.68. The van der Waals surface area contributed by atoms with Crippen molar-refractivity contribution in [2.45, 2.75) is 63.3 Å². The maximum Gasteiger partial charge on any atom is 0.329 e. The molecule has 0 spiro atoms. The van der Waals surface area contributed by atoms with Crippen LogP contribution in [0.3, 0.4) is 0 Å². The minimum Gasteiger partial charge on any atom is -0.371 e. The number of nitrogens with one attached hydrogen (secondary N) is 2. The van der Waals surface area contributed by atoms with Crippen molar-refractivity contribution in [1.82, 2.24) is 29.3 Å². The third-order valence-corrected chi connectivity index (χ3v) is 11.7. The molecule has 4 saturated heterocycles. The molecule has 3 amide bonds. The molecule has 4 N–H and O–H groups in total. The Labute approximate surface area is 308 Å². The number of hydrogen-bond donors (Lipinski definition) is 3. The number of rotatable bonds is 9. The molecule has 2 aromatic heterocycles. The van der Waals surface area contributed by atoms with E-state index in [0.717, 1.165) is 101 Å². The molecule has 8 rings (SSSR count). The molecule has 0 bridgehead atoms. The molecule has 2 atom stereocenters. The summed E-state index contributed by atoms with van der Waals surface area (Å²) in [6.45, 7) is 6.98. The number of nitrogens with two attached hydrogens (primary N) is 1. The summed E-state index contributed by atoms with van der Waals surface area (Å²) in [6.07, 6.45) is 8.98. The predicted octanol–water partition coefficient (Wildman–Crippen LogP) is 3.65. The lowest BCUT2D eigenvalue weighted by Crippen LogP contribution is -2.44. The summed E-state index contributed by atoms with van der Waals surface area (Å²) in [5.74, 6) is 0.896. The second-order valence-electron chi connectivity index (χ2n) is 15.1. The van der Waals surface area contributed by atoms with Crippen LogP contribution in [0.15, 0.2) is 53.5 Å². The zero-order chi connectivity index (χ0) is 36.6. The molecule has 1 unspecified atom stereocenters. The summed E-state index contributed by atoms with van der Waals surface area (Å²) in [6, 6.07) is 13.8. The Hall–Kier alpha value is -5.24. The van der Waals surface area contributed by atoms with E-state index in [1.165, 1.54) is 16.6 Å². The molecule has 0 saturated carbocycles. The molecule has 4 aliphatic heterocycles. The summed E-state index contributed by atoms with van der Waals surface area (Å²) in [5.41, 5.74) is 10.3. The van der Waals surface area contributed by atoms with Crippen molar-refractivity contribution in [1.29, 1.82) is 0 Å². The van der Waals surface area contributed by atoms with E-state index in [4.69, 9.17) is 10.7 Å². The van der Waals surface area contributed by atoms with Crippen LogP contribution in [0.5, 0.6) is 0 Å². The van der Waals surface area contributed by atoms with Gasteiger partial charge >= 0.3 is 5.69 Å². The Bertz CT molecular complexity index is 2080. The fraction of sp³-hybridized carbons (Fsp3) is 0.487. The van der Waals surface area contributed by atoms with Gasteiger partial charge in [0.15, 0.2) is 11.5 Å². The van der Waals surface area contributed by atoms with Crippen molar-refractivity contribution in [3.05, 3.63) is 70.4 Å². The third-order valence-electron chi connectivity index (χ3n) is 11.7. The largest absolute Gasteiger partial charge is 0.371 e. The van der Waals surface area contributed by atoms with Crippen molar-refractivity contribution in [2.75, 3.05) is 60.9 Å². The first kappa shape index (κ1) is 34.8. The zero-order valence-electron chi connectivity index (χ0n) is 30.3. The standard InChI is InChI=1S/C39H48N10O4/c1-45-32-21-29(9-10-30(32)49(39(45)53)31-11-12-34(50)44-38(31)52)48-20-13-25(24-48)23-46-18-14-27(15-19-46)26-5-7-28(8-6-26)42-37-35(36(40)51)41-22-33(43-37)47-16-3-2-4-17-47/h5-10,21-22,25,27,31H,2-4,11-20,23-24H2,1H3,(H2,40,51)(H,42,43)(H,44,50,52)/t25-,31?/m0/s1. The molecule has 0 radical (unpaired) electrons. The number of carbonyl (C=O) groups excluding carboxylic acids is 3. The molecule has 14 heteroatoms. The minimum absolute atomic E-state index is 0.141. The first-order valence-corrected chi connectivity index (χ1v) is 19.0. The monoisotopic (exact) mass is 720 g/mol. The molecular formula is C39H48N10O4. The normalized spacial score (nSPS) is 21.7. The van der Waals surface area contributed by atoms with Crippen LogP contribution < -0.4 is 31.9 Å². The van der Waals surface area contributed by atoms with Crippen LogP contribution in [0.4, 0.5) is 23.0 Å². The van der Waals surface area contributed by atoms with Gasteiger partial charge in [0.25, 0.3) is 5.91 Å². The smallest absolute Gasteiger partial charge is 0.329 e. The van der Waals surface area contributed by atoms with Crippen molar-refractivity contribution < 1.29 is 14.4 Å². The maximum atomic E-state index is 13.2.